The van der Waals surface area contributed by atoms with Crippen molar-refractivity contribution in [2.24, 2.45) is 0 Å². The third-order valence-corrected chi connectivity index (χ3v) is 5.55. The number of carbonyl (C=O) groups excluding carboxylic acids is 1. The summed E-state index contributed by atoms with van der Waals surface area (Å²) in [7, 11) is 1.58. The van der Waals surface area contributed by atoms with Gasteiger partial charge in [-0.2, -0.15) is 0 Å². The summed E-state index contributed by atoms with van der Waals surface area (Å²) in [6, 6.07) is 13.8. The number of benzene rings is 2. The summed E-state index contributed by atoms with van der Waals surface area (Å²) in [6.07, 6.45) is 1.77. The summed E-state index contributed by atoms with van der Waals surface area (Å²) in [4.78, 5) is 31.1. The van der Waals surface area contributed by atoms with Crippen molar-refractivity contribution in [1.82, 2.24) is 9.38 Å². The van der Waals surface area contributed by atoms with Crippen LogP contribution >= 0.6 is 11.3 Å². The Kier molecular flexibility index (Phi) is 5.73. The minimum Gasteiger partial charge on any atom is -0.497 e. The number of hydrogen-bond acceptors (Lipinski definition) is 6. The Labute approximate surface area is 182 Å². The molecule has 2 heterocycles. The van der Waals surface area contributed by atoms with E-state index in [0.29, 0.717) is 33.4 Å². The van der Waals surface area contributed by atoms with E-state index in [1.807, 2.05) is 26.0 Å². The number of fused-ring (bicyclic) bond motifs is 1. The van der Waals surface area contributed by atoms with Crippen LogP contribution < -0.4 is 20.3 Å². The molecule has 4 rings (SSSR count). The zero-order chi connectivity index (χ0) is 22.0. The van der Waals surface area contributed by atoms with Crippen molar-refractivity contribution in [1.29, 1.82) is 0 Å². The van der Waals surface area contributed by atoms with E-state index in [1.54, 1.807) is 43.6 Å². The maximum absolute atomic E-state index is 12.7. The van der Waals surface area contributed by atoms with Crippen LogP contribution in [0.3, 0.4) is 0 Å². The molecule has 158 valence electrons. The molecule has 7 nitrogen and oxygen atoms in total. The van der Waals surface area contributed by atoms with E-state index in [1.165, 1.54) is 21.8 Å². The van der Waals surface area contributed by atoms with Gasteiger partial charge in [-0.1, -0.05) is 6.07 Å². The van der Waals surface area contributed by atoms with Gasteiger partial charge in [-0.25, -0.2) is 4.98 Å². The number of aromatic nitrogens is 2. The summed E-state index contributed by atoms with van der Waals surface area (Å²) < 4.78 is 12.6. The van der Waals surface area contributed by atoms with Gasteiger partial charge in [-0.05, 0) is 55.8 Å². The number of anilines is 1. The summed E-state index contributed by atoms with van der Waals surface area (Å²) in [5, 5.41) is 2.88. The lowest BCUT2D eigenvalue weighted by molar-refractivity contribution is 0.102. The SMILES string of the molecule is COc1ccc(C(=O)Nc2ccc(C)cc2OCc2cc(=O)n3cc(C)sc3n2)cc1. The van der Waals surface area contributed by atoms with Crippen molar-refractivity contribution in [2.45, 2.75) is 20.5 Å². The quantitative estimate of drug-likeness (QED) is 0.491. The van der Waals surface area contributed by atoms with Crippen LogP contribution in [-0.2, 0) is 6.61 Å². The molecule has 4 aromatic rings. The van der Waals surface area contributed by atoms with Crippen molar-refractivity contribution < 1.29 is 14.3 Å². The number of ether oxygens (including phenoxy) is 2. The first-order chi connectivity index (χ1) is 14.9. The summed E-state index contributed by atoms with van der Waals surface area (Å²) in [5.41, 5.74) is 2.40. The van der Waals surface area contributed by atoms with Gasteiger partial charge in [0.1, 0.15) is 18.1 Å². The second-order valence-electron chi connectivity index (χ2n) is 7.05. The lowest BCUT2D eigenvalue weighted by atomic mass is 10.1. The van der Waals surface area contributed by atoms with E-state index < -0.39 is 0 Å². The van der Waals surface area contributed by atoms with E-state index in [0.717, 1.165) is 10.4 Å². The number of thiazole rings is 1. The minimum atomic E-state index is -0.261. The Morgan fingerprint density at radius 1 is 1.13 bits per heavy atom. The number of amides is 1. The molecule has 0 spiro atoms. The highest BCUT2D eigenvalue weighted by atomic mass is 32.1. The van der Waals surface area contributed by atoms with Crippen LogP contribution in [0.5, 0.6) is 11.5 Å². The Morgan fingerprint density at radius 3 is 2.65 bits per heavy atom. The second kappa shape index (κ2) is 8.61. The van der Waals surface area contributed by atoms with Crippen LogP contribution in [0.2, 0.25) is 0 Å². The first-order valence-corrected chi connectivity index (χ1v) is 10.4. The van der Waals surface area contributed by atoms with Gasteiger partial charge >= 0.3 is 0 Å². The second-order valence-corrected chi connectivity index (χ2v) is 8.26. The maximum atomic E-state index is 12.7. The van der Waals surface area contributed by atoms with Crippen LogP contribution in [-0.4, -0.2) is 22.4 Å². The molecule has 0 saturated heterocycles. The zero-order valence-corrected chi connectivity index (χ0v) is 18.2. The van der Waals surface area contributed by atoms with E-state index in [-0.39, 0.29) is 18.1 Å². The van der Waals surface area contributed by atoms with Crippen molar-refractivity contribution in [3.8, 4) is 11.5 Å². The molecule has 0 saturated carbocycles. The van der Waals surface area contributed by atoms with Gasteiger partial charge < -0.3 is 14.8 Å². The molecule has 0 fully saturated rings. The van der Waals surface area contributed by atoms with E-state index in [9.17, 15) is 9.59 Å². The molecule has 8 heteroatoms. The topological polar surface area (TPSA) is 81.9 Å². The van der Waals surface area contributed by atoms with Crippen LogP contribution in [0, 0.1) is 13.8 Å². The van der Waals surface area contributed by atoms with Gasteiger partial charge in [-0.3, -0.25) is 14.0 Å². The first-order valence-electron chi connectivity index (χ1n) is 9.60. The van der Waals surface area contributed by atoms with Gasteiger partial charge in [0.2, 0.25) is 0 Å². The number of hydrogen-bond donors (Lipinski definition) is 1. The van der Waals surface area contributed by atoms with Gasteiger partial charge in [0, 0.05) is 22.7 Å². The fraction of sp³-hybridized carbons (Fsp3) is 0.174. The number of rotatable bonds is 6. The standard InChI is InChI=1S/C23H21N3O4S/c1-14-4-9-19(25-22(28)16-5-7-18(29-3)8-6-16)20(10-14)30-13-17-11-21(27)26-12-15(2)31-23(26)24-17/h4-12H,13H2,1-3H3,(H,25,28). The van der Waals surface area contributed by atoms with Crippen molar-refractivity contribution in [3.63, 3.8) is 0 Å². The molecule has 0 aliphatic carbocycles. The molecule has 0 bridgehead atoms. The molecule has 0 aliphatic rings. The molecule has 1 N–H and O–H groups in total. The van der Waals surface area contributed by atoms with Gasteiger partial charge in [0.25, 0.3) is 11.5 Å². The fourth-order valence-corrected chi connectivity index (χ4v) is 3.92. The van der Waals surface area contributed by atoms with Crippen LogP contribution in [0.4, 0.5) is 5.69 Å². The third kappa shape index (κ3) is 4.59. The minimum absolute atomic E-state index is 0.109. The average Bonchev–Trinajstić information content (AvgIpc) is 3.14. The number of methoxy groups -OCH3 is 1. The third-order valence-electron chi connectivity index (χ3n) is 4.65. The number of aryl methyl sites for hydroxylation is 2. The highest BCUT2D eigenvalue weighted by molar-refractivity contribution is 7.16. The van der Waals surface area contributed by atoms with Crippen LogP contribution in [0.25, 0.3) is 4.96 Å². The fourth-order valence-electron chi connectivity index (χ4n) is 3.07. The van der Waals surface area contributed by atoms with Gasteiger partial charge in [0.15, 0.2) is 4.96 Å². The molecule has 2 aromatic heterocycles. The molecule has 0 aliphatic heterocycles. The molecule has 31 heavy (non-hydrogen) atoms. The van der Waals surface area contributed by atoms with E-state index >= 15 is 0 Å². The molecular weight excluding hydrogens is 414 g/mol. The average molecular weight is 436 g/mol. The summed E-state index contributed by atoms with van der Waals surface area (Å²) in [6.45, 7) is 3.98. The Morgan fingerprint density at radius 2 is 1.90 bits per heavy atom. The van der Waals surface area contributed by atoms with Crippen LogP contribution in [0.15, 0.2) is 59.5 Å². The number of nitrogens with zero attached hydrogens (tertiary/aromatic N) is 2. The van der Waals surface area contributed by atoms with E-state index in [2.05, 4.69) is 10.3 Å². The van der Waals surface area contributed by atoms with Crippen molar-refractivity contribution in [2.75, 3.05) is 12.4 Å². The number of carbonyl (C=O) groups is 1. The molecule has 0 unspecified atom stereocenters. The highest BCUT2D eigenvalue weighted by Crippen LogP contribution is 2.27. The Bertz CT molecular complexity index is 1310. The molecule has 0 radical (unpaired) electrons. The first kappa shape index (κ1) is 20.6. The number of nitrogens with one attached hydrogen (secondary N) is 1. The van der Waals surface area contributed by atoms with Gasteiger partial charge in [0.05, 0.1) is 18.5 Å². The Hall–Kier alpha value is -3.65. The monoisotopic (exact) mass is 435 g/mol. The zero-order valence-electron chi connectivity index (χ0n) is 17.3. The maximum Gasteiger partial charge on any atom is 0.258 e. The molecule has 0 atom stereocenters. The lowest BCUT2D eigenvalue weighted by Crippen LogP contribution is -2.15. The van der Waals surface area contributed by atoms with Crippen LogP contribution in [0.1, 0.15) is 26.5 Å². The van der Waals surface area contributed by atoms with E-state index in [4.69, 9.17) is 9.47 Å². The van der Waals surface area contributed by atoms with Crippen molar-refractivity contribution in [3.05, 3.63) is 86.8 Å². The molecule has 2 aromatic carbocycles. The summed E-state index contributed by atoms with van der Waals surface area (Å²) >= 11 is 1.45. The normalized spacial score (nSPS) is 10.8. The summed E-state index contributed by atoms with van der Waals surface area (Å²) in [5.74, 6) is 0.923. The highest BCUT2D eigenvalue weighted by Gasteiger charge is 2.12. The van der Waals surface area contributed by atoms with Crippen molar-refractivity contribution >= 4 is 27.9 Å². The molecule has 1 amide bonds. The Balaban J connectivity index is 1.54. The predicted molar refractivity (Wildman–Crippen MR) is 121 cm³/mol. The smallest absolute Gasteiger partial charge is 0.258 e. The molecular formula is C23H21N3O4S. The predicted octanol–water partition coefficient (Wildman–Crippen LogP) is 4.21. The largest absolute Gasteiger partial charge is 0.497 e. The lowest BCUT2D eigenvalue weighted by Gasteiger charge is -2.13. The van der Waals surface area contributed by atoms with Gasteiger partial charge in [-0.15, -0.1) is 11.3 Å².